The number of fused-ring (bicyclic) bond motifs is 3. The molecular formula is C25H27F3N2O5. The Hall–Kier alpha value is -3.56. The van der Waals surface area contributed by atoms with Crippen molar-refractivity contribution in [3.63, 3.8) is 0 Å². The zero-order chi connectivity index (χ0) is 25.6. The first-order chi connectivity index (χ1) is 16.6. The molecule has 0 spiro atoms. The van der Waals surface area contributed by atoms with Crippen molar-refractivity contribution in [2.45, 2.75) is 44.3 Å². The van der Waals surface area contributed by atoms with Crippen LogP contribution in [0.2, 0.25) is 0 Å². The Morgan fingerprint density at radius 1 is 1.03 bits per heavy atom. The van der Waals surface area contributed by atoms with Crippen LogP contribution < -0.4 is 10.6 Å². The molecule has 0 saturated carbocycles. The number of carboxylic acid groups (broad SMARTS) is 1. The number of nitrogens with one attached hydrogen (secondary N) is 2. The molecule has 2 aromatic carbocycles. The predicted octanol–water partition coefficient (Wildman–Crippen LogP) is 4.46. The van der Waals surface area contributed by atoms with Crippen molar-refractivity contribution in [3.8, 4) is 11.1 Å². The highest BCUT2D eigenvalue weighted by molar-refractivity contribution is 5.86. The number of hydrogen-bond donors (Lipinski definition) is 3. The molecule has 2 amide bonds. The number of alkyl halides is 3. The molecule has 35 heavy (non-hydrogen) atoms. The van der Waals surface area contributed by atoms with Crippen molar-refractivity contribution >= 4 is 18.0 Å². The number of halogens is 3. The molecule has 0 bridgehead atoms. The summed E-state index contributed by atoms with van der Waals surface area (Å²) >= 11 is 0. The lowest BCUT2D eigenvalue weighted by atomic mass is 9.98. The molecule has 0 aromatic heterocycles. The van der Waals surface area contributed by atoms with Crippen molar-refractivity contribution in [1.82, 2.24) is 10.6 Å². The Bertz CT molecular complexity index is 1030. The topological polar surface area (TPSA) is 105 Å². The average Bonchev–Trinajstić information content (AvgIpc) is 3.12. The summed E-state index contributed by atoms with van der Waals surface area (Å²) in [5.74, 6) is -2.86. The summed E-state index contributed by atoms with van der Waals surface area (Å²) in [5.41, 5.74) is 3.88. The fourth-order valence-corrected chi connectivity index (χ4v) is 4.20. The van der Waals surface area contributed by atoms with Crippen molar-refractivity contribution in [2.75, 3.05) is 13.2 Å². The second-order valence-electron chi connectivity index (χ2n) is 8.46. The smallest absolute Gasteiger partial charge is 0.407 e. The molecule has 0 fully saturated rings. The molecule has 2 aromatic rings. The van der Waals surface area contributed by atoms with Crippen LogP contribution in [0, 0.1) is 5.92 Å². The van der Waals surface area contributed by atoms with Gasteiger partial charge in [-0.3, -0.25) is 9.59 Å². The van der Waals surface area contributed by atoms with Gasteiger partial charge in [0, 0.05) is 18.9 Å². The van der Waals surface area contributed by atoms with Crippen molar-refractivity contribution in [3.05, 3.63) is 59.7 Å². The van der Waals surface area contributed by atoms with E-state index < -0.39 is 42.5 Å². The van der Waals surface area contributed by atoms with Crippen LogP contribution in [0.1, 0.15) is 43.2 Å². The third kappa shape index (κ3) is 6.97. The summed E-state index contributed by atoms with van der Waals surface area (Å²) in [4.78, 5) is 35.7. The maximum atomic E-state index is 13.1. The van der Waals surface area contributed by atoms with E-state index in [0.29, 0.717) is 6.42 Å². The van der Waals surface area contributed by atoms with Gasteiger partial charge in [0.25, 0.3) is 0 Å². The molecule has 10 heteroatoms. The van der Waals surface area contributed by atoms with E-state index in [0.717, 1.165) is 22.3 Å². The fraction of sp³-hybridized carbons (Fsp3) is 0.400. The Labute approximate surface area is 200 Å². The molecule has 2 unspecified atom stereocenters. The predicted molar refractivity (Wildman–Crippen MR) is 122 cm³/mol. The molecule has 1 aliphatic carbocycles. The van der Waals surface area contributed by atoms with Gasteiger partial charge >= 0.3 is 18.2 Å². The van der Waals surface area contributed by atoms with Crippen LogP contribution in [-0.4, -0.2) is 48.4 Å². The van der Waals surface area contributed by atoms with Gasteiger partial charge in [-0.25, -0.2) is 4.79 Å². The minimum atomic E-state index is -4.72. The number of carbonyl (C=O) groups is 3. The second kappa shape index (κ2) is 11.2. The van der Waals surface area contributed by atoms with Crippen molar-refractivity contribution < 1.29 is 37.4 Å². The molecule has 0 aliphatic heterocycles. The van der Waals surface area contributed by atoms with Crippen molar-refractivity contribution in [2.24, 2.45) is 5.92 Å². The van der Waals surface area contributed by atoms with Crippen molar-refractivity contribution in [1.29, 1.82) is 0 Å². The van der Waals surface area contributed by atoms with Gasteiger partial charge in [0.15, 0.2) is 0 Å². The highest BCUT2D eigenvalue weighted by Gasteiger charge is 2.37. The summed E-state index contributed by atoms with van der Waals surface area (Å²) in [6, 6.07) is 13.3. The monoisotopic (exact) mass is 492 g/mol. The van der Waals surface area contributed by atoms with Crippen LogP contribution in [-0.2, 0) is 14.3 Å². The van der Waals surface area contributed by atoms with Crippen LogP contribution in [0.5, 0.6) is 0 Å². The SMILES string of the molecule is CCC(CNC(=O)C(CC(F)(F)F)NC(=O)OCC1c2ccccc2-c2ccccc21)CC(=O)O. The third-order valence-electron chi connectivity index (χ3n) is 5.99. The van der Waals surface area contributed by atoms with E-state index in [1.54, 1.807) is 6.92 Å². The standard InChI is InChI=1S/C25H27F3N2O5/c1-2-15(11-22(31)32)13-29-23(33)21(12-25(26,27)28)30-24(34)35-14-20-18-9-5-3-7-16(18)17-8-4-6-10-19(17)20/h3-10,15,20-21H,2,11-14H2,1H3,(H,29,33)(H,30,34)(H,31,32). The molecule has 1 aliphatic rings. The summed E-state index contributed by atoms with van der Waals surface area (Å²) < 4.78 is 44.5. The average molecular weight is 492 g/mol. The number of rotatable bonds is 10. The summed E-state index contributed by atoms with van der Waals surface area (Å²) in [6.07, 6.45) is -7.27. The van der Waals surface area contributed by atoms with E-state index in [1.165, 1.54) is 0 Å². The molecule has 0 heterocycles. The number of carbonyl (C=O) groups excluding carboxylic acids is 2. The van der Waals surface area contributed by atoms with Gasteiger partial charge in [-0.2, -0.15) is 13.2 Å². The number of alkyl carbamates (subject to hydrolysis) is 1. The van der Waals surface area contributed by atoms with Gasteiger partial charge in [-0.05, 0) is 28.2 Å². The Morgan fingerprint density at radius 2 is 1.60 bits per heavy atom. The lowest BCUT2D eigenvalue weighted by Gasteiger charge is -2.22. The normalized spacial score (nSPS) is 14.4. The van der Waals surface area contributed by atoms with Crippen LogP contribution in [0.3, 0.4) is 0 Å². The number of carboxylic acids is 1. The molecule has 0 saturated heterocycles. The molecule has 188 valence electrons. The first-order valence-corrected chi connectivity index (χ1v) is 11.3. The molecular weight excluding hydrogens is 465 g/mol. The molecule has 2 atom stereocenters. The highest BCUT2D eigenvalue weighted by Crippen LogP contribution is 2.44. The zero-order valence-corrected chi connectivity index (χ0v) is 19.1. The van der Waals surface area contributed by atoms with Crippen LogP contribution in [0.4, 0.5) is 18.0 Å². The number of amides is 2. The van der Waals surface area contributed by atoms with E-state index in [4.69, 9.17) is 9.84 Å². The van der Waals surface area contributed by atoms with E-state index in [-0.39, 0.29) is 25.5 Å². The van der Waals surface area contributed by atoms with Crippen LogP contribution >= 0.6 is 0 Å². The zero-order valence-electron chi connectivity index (χ0n) is 19.1. The van der Waals surface area contributed by atoms with Crippen LogP contribution in [0.15, 0.2) is 48.5 Å². The third-order valence-corrected chi connectivity index (χ3v) is 5.99. The van der Waals surface area contributed by atoms with Crippen LogP contribution in [0.25, 0.3) is 11.1 Å². The molecule has 3 N–H and O–H groups in total. The molecule has 3 rings (SSSR count). The first kappa shape index (κ1) is 26.1. The summed E-state index contributed by atoms with van der Waals surface area (Å²) in [5, 5.41) is 13.2. The van der Waals surface area contributed by atoms with E-state index in [2.05, 4.69) is 5.32 Å². The van der Waals surface area contributed by atoms with Gasteiger partial charge < -0.3 is 20.5 Å². The lowest BCUT2D eigenvalue weighted by molar-refractivity contribution is -0.149. The van der Waals surface area contributed by atoms with Gasteiger partial charge in [-0.15, -0.1) is 0 Å². The maximum absolute atomic E-state index is 13.1. The minimum absolute atomic E-state index is 0.114. The Balaban J connectivity index is 1.64. The van der Waals surface area contributed by atoms with E-state index in [1.807, 2.05) is 53.8 Å². The minimum Gasteiger partial charge on any atom is -0.481 e. The largest absolute Gasteiger partial charge is 0.481 e. The Morgan fingerprint density at radius 3 is 2.11 bits per heavy atom. The van der Waals surface area contributed by atoms with Gasteiger partial charge in [0.05, 0.1) is 6.42 Å². The van der Waals surface area contributed by atoms with Gasteiger partial charge in [-0.1, -0.05) is 61.9 Å². The second-order valence-corrected chi connectivity index (χ2v) is 8.46. The van der Waals surface area contributed by atoms with Gasteiger partial charge in [0.1, 0.15) is 12.6 Å². The summed E-state index contributed by atoms with van der Waals surface area (Å²) in [7, 11) is 0. The quantitative estimate of drug-likeness (QED) is 0.454. The fourth-order valence-electron chi connectivity index (χ4n) is 4.20. The summed E-state index contributed by atoms with van der Waals surface area (Å²) in [6.45, 7) is 1.47. The van der Waals surface area contributed by atoms with E-state index >= 15 is 0 Å². The Kier molecular flexibility index (Phi) is 8.37. The number of aliphatic carboxylic acids is 1. The van der Waals surface area contributed by atoms with E-state index in [9.17, 15) is 27.6 Å². The first-order valence-electron chi connectivity index (χ1n) is 11.3. The number of ether oxygens (including phenoxy) is 1. The maximum Gasteiger partial charge on any atom is 0.407 e. The molecule has 7 nitrogen and oxygen atoms in total. The highest BCUT2D eigenvalue weighted by atomic mass is 19.4. The lowest BCUT2D eigenvalue weighted by Crippen LogP contribution is -2.50. The van der Waals surface area contributed by atoms with Gasteiger partial charge in [0.2, 0.25) is 5.91 Å². The number of hydrogen-bond acceptors (Lipinski definition) is 4. The molecule has 0 radical (unpaired) electrons. The number of benzene rings is 2.